The van der Waals surface area contributed by atoms with Crippen molar-refractivity contribution >= 4 is 63.3 Å². The Morgan fingerprint density at radius 3 is 1.31 bits per heavy atom. The molecule has 2 aliphatic rings. The topological polar surface area (TPSA) is 35.5 Å². The zero-order chi connectivity index (χ0) is 29.1. The highest BCUT2D eigenvalue weighted by atomic mass is 35.5. The maximum atomic E-state index is 15.4. The molecule has 0 unspecified atom stereocenters. The molecule has 0 spiro atoms. The largest absolute Gasteiger partial charge is 0.467 e. The Morgan fingerprint density at radius 2 is 0.833 bits per heavy atom. The second-order valence-corrected chi connectivity index (χ2v) is 11.5. The van der Waals surface area contributed by atoms with Crippen LogP contribution in [0.2, 0.25) is 20.1 Å². The first kappa shape index (κ1) is 27.1. The van der Waals surface area contributed by atoms with E-state index < -0.39 is 11.2 Å². The average Bonchev–Trinajstić information content (AvgIpc) is 3.29. The molecule has 5 aromatic rings. The predicted octanol–water partition coefficient (Wildman–Crippen LogP) is 10.1. The summed E-state index contributed by atoms with van der Waals surface area (Å²) >= 11 is 26.7. The summed E-state index contributed by atoms with van der Waals surface area (Å²) in [6, 6.07) is 38.1. The minimum absolute atomic E-state index is 0.000238. The second-order valence-electron chi connectivity index (χ2n) is 10.0. The third-order valence-electron chi connectivity index (χ3n) is 7.82. The molecule has 1 heterocycles. The number of ketones is 1. The first-order chi connectivity index (χ1) is 20.4. The summed E-state index contributed by atoms with van der Waals surface area (Å²) in [7, 11) is 0. The van der Waals surface area contributed by atoms with Gasteiger partial charge in [-0.25, -0.2) is 0 Å². The van der Waals surface area contributed by atoms with Crippen molar-refractivity contribution in [3.8, 4) is 11.5 Å². The molecule has 3 nitrogen and oxygen atoms in total. The van der Waals surface area contributed by atoms with Crippen LogP contribution in [0.1, 0.15) is 22.3 Å². The van der Waals surface area contributed by atoms with Crippen molar-refractivity contribution in [3.63, 3.8) is 0 Å². The van der Waals surface area contributed by atoms with E-state index in [1.807, 2.05) is 121 Å². The van der Waals surface area contributed by atoms with Gasteiger partial charge in [0.1, 0.15) is 10.0 Å². The Balaban J connectivity index is 1.72. The van der Waals surface area contributed by atoms with Crippen LogP contribution in [0.5, 0.6) is 11.5 Å². The van der Waals surface area contributed by atoms with Crippen LogP contribution in [0, 0.1) is 0 Å². The Kier molecular flexibility index (Phi) is 6.60. The van der Waals surface area contributed by atoms with Crippen molar-refractivity contribution in [2.75, 3.05) is 0 Å². The molecule has 1 aliphatic carbocycles. The van der Waals surface area contributed by atoms with Gasteiger partial charge in [-0.2, -0.15) is 0 Å². The van der Waals surface area contributed by atoms with E-state index in [4.69, 9.17) is 55.9 Å². The molecule has 0 aromatic heterocycles. The molecule has 7 heteroatoms. The van der Waals surface area contributed by atoms with Crippen LogP contribution in [0.4, 0.5) is 0 Å². The molecule has 206 valence electrons. The first-order valence-electron chi connectivity index (χ1n) is 13.2. The third-order valence-corrected chi connectivity index (χ3v) is 9.59. The lowest BCUT2D eigenvalue weighted by molar-refractivity contribution is -0.152. The molecule has 0 amide bonds. The highest BCUT2D eigenvalue weighted by Crippen LogP contribution is 2.68. The van der Waals surface area contributed by atoms with Gasteiger partial charge in [-0.3, -0.25) is 4.79 Å². The summed E-state index contributed by atoms with van der Waals surface area (Å²) < 4.78 is 14.1. The number of rotatable bonds is 4. The summed E-state index contributed by atoms with van der Waals surface area (Å²) in [6.45, 7) is 0. The Hall–Kier alpha value is -3.73. The second kappa shape index (κ2) is 10.2. The normalized spacial score (nSPS) is 20.9. The summed E-state index contributed by atoms with van der Waals surface area (Å²) in [4.78, 5) is 15.4. The van der Waals surface area contributed by atoms with Crippen LogP contribution < -0.4 is 9.47 Å². The summed E-state index contributed by atoms with van der Waals surface area (Å²) in [6.07, 6.45) is 0. The number of hydrogen-bond donors (Lipinski definition) is 0. The van der Waals surface area contributed by atoms with Gasteiger partial charge in [0.2, 0.25) is 17.0 Å². The molecule has 42 heavy (non-hydrogen) atoms. The van der Waals surface area contributed by atoms with Crippen LogP contribution in [0.3, 0.4) is 0 Å². The van der Waals surface area contributed by atoms with Crippen LogP contribution in [0.15, 0.2) is 121 Å². The van der Waals surface area contributed by atoms with E-state index in [9.17, 15) is 0 Å². The lowest BCUT2D eigenvalue weighted by Crippen LogP contribution is -2.60. The summed E-state index contributed by atoms with van der Waals surface area (Å²) in [5, 5.41) is 0.0661. The van der Waals surface area contributed by atoms with E-state index in [0.717, 1.165) is 5.56 Å². The van der Waals surface area contributed by atoms with E-state index in [1.165, 1.54) is 0 Å². The number of fused-ring (bicyclic) bond motifs is 2. The van der Waals surface area contributed by atoms with Gasteiger partial charge in [0.05, 0.1) is 10.0 Å². The Labute approximate surface area is 262 Å². The predicted molar refractivity (Wildman–Crippen MR) is 169 cm³/mol. The van der Waals surface area contributed by atoms with Gasteiger partial charge in [-0.05, 0) is 11.1 Å². The maximum Gasteiger partial charge on any atom is 0.244 e. The van der Waals surface area contributed by atoms with Gasteiger partial charge >= 0.3 is 0 Å². The number of hydrogen-bond acceptors (Lipinski definition) is 3. The van der Waals surface area contributed by atoms with Crippen molar-refractivity contribution in [2.45, 2.75) is 11.2 Å². The molecule has 5 aromatic carbocycles. The quantitative estimate of drug-likeness (QED) is 0.147. The van der Waals surface area contributed by atoms with Crippen LogP contribution in [0.25, 0.3) is 11.1 Å². The van der Waals surface area contributed by atoms with Crippen LogP contribution in [-0.2, 0) is 16.0 Å². The van der Waals surface area contributed by atoms with E-state index in [1.54, 1.807) is 0 Å². The van der Waals surface area contributed by atoms with E-state index in [-0.39, 0.29) is 37.4 Å². The Bertz CT molecular complexity index is 1880. The summed E-state index contributed by atoms with van der Waals surface area (Å²) in [5.41, 5.74) is 0.467. The SMILES string of the molecule is O=C1C(c2ccccc2)=C(c2ccccc2)[C@@]2(c3ccccc3)Oc3c(Cl)c(Cl)c(Cl)c(Cl)c3O[C@@]12c1ccccc1. The molecular weight excluding hydrogens is 610 g/mol. The van der Waals surface area contributed by atoms with Crippen molar-refractivity contribution in [1.29, 1.82) is 0 Å². The molecule has 0 radical (unpaired) electrons. The molecule has 0 saturated carbocycles. The van der Waals surface area contributed by atoms with E-state index in [0.29, 0.717) is 27.8 Å². The first-order valence-corrected chi connectivity index (χ1v) is 14.7. The fourth-order valence-corrected chi connectivity index (χ4v) is 7.00. The third kappa shape index (κ3) is 3.64. The van der Waals surface area contributed by atoms with Crippen molar-refractivity contribution in [1.82, 2.24) is 0 Å². The fourth-order valence-electron chi connectivity index (χ4n) is 6.10. The molecule has 7 rings (SSSR count). The van der Waals surface area contributed by atoms with Gasteiger partial charge < -0.3 is 9.47 Å². The number of carbonyl (C=O) groups excluding carboxylic acids is 1. The lowest BCUT2D eigenvalue weighted by Gasteiger charge is -2.50. The number of ether oxygens (including phenoxy) is 2. The molecule has 1 aliphatic heterocycles. The van der Waals surface area contributed by atoms with Gasteiger partial charge in [0.15, 0.2) is 11.5 Å². The lowest BCUT2D eigenvalue weighted by atomic mass is 9.69. The van der Waals surface area contributed by atoms with Crippen molar-refractivity contribution < 1.29 is 14.3 Å². The standard InChI is InChI=1S/C35H20Cl4O3/c36-27-28(37)30(39)32-31(29(27)38)41-34(23-17-9-3-10-18-23)26(22-15-7-2-8-16-22)25(21-13-5-1-6-14-21)33(40)35(34,42-32)24-19-11-4-12-20-24/h1-20H/t34-,35+/m1/s1. The monoisotopic (exact) mass is 628 g/mol. The molecule has 2 atom stereocenters. The average molecular weight is 630 g/mol. The molecule has 0 saturated heterocycles. The van der Waals surface area contributed by atoms with Crippen molar-refractivity contribution in [2.24, 2.45) is 0 Å². The number of Topliss-reactive ketones (excluding diaryl/α,β-unsaturated/α-hetero) is 1. The summed E-state index contributed by atoms with van der Waals surface area (Å²) in [5.74, 6) is -0.157. The molecule has 0 N–H and O–H groups in total. The number of carbonyl (C=O) groups is 1. The zero-order valence-corrected chi connectivity index (χ0v) is 24.8. The van der Waals surface area contributed by atoms with E-state index >= 15 is 4.79 Å². The Morgan fingerprint density at radius 1 is 0.452 bits per heavy atom. The highest BCUT2D eigenvalue weighted by molar-refractivity contribution is 6.53. The van der Waals surface area contributed by atoms with Crippen LogP contribution >= 0.6 is 46.4 Å². The van der Waals surface area contributed by atoms with E-state index in [2.05, 4.69) is 0 Å². The van der Waals surface area contributed by atoms with Crippen LogP contribution in [-0.4, -0.2) is 5.78 Å². The minimum Gasteiger partial charge on any atom is -0.467 e. The minimum atomic E-state index is -1.77. The van der Waals surface area contributed by atoms with Crippen molar-refractivity contribution in [3.05, 3.63) is 164 Å². The van der Waals surface area contributed by atoms with Gasteiger partial charge in [0, 0.05) is 22.3 Å². The zero-order valence-electron chi connectivity index (χ0n) is 21.8. The molecule has 0 bridgehead atoms. The van der Waals surface area contributed by atoms with Gasteiger partial charge in [0.25, 0.3) is 0 Å². The number of benzene rings is 5. The molecular formula is C35H20Cl4O3. The van der Waals surface area contributed by atoms with Gasteiger partial charge in [-0.1, -0.05) is 168 Å². The maximum absolute atomic E-state index is 15.4. The fraction of sp³-hybridized carbons (Fsp3) is 0.0571. The smallest absolute Gasteiger partial charge is 0.244 e. The molecule has 0 fully saturated rings. The van der Waals surface area contributed by atoms with Gasteiger partial charge in [-0.15, -0.1) is 0 Å². The number of halogens is 4. The highest BCUT2D eigenvalue weighted by Gasteiger charge is 2.73.